The Morgan fingerprint density at radius 1 is 1.23 bits per heavy atom. The van der Waals surface area contributed by atoms with E-state index in [9.17, 15) is 4.79 Å². The quantitative estimate of drug-likeness (QED) is 0.486. The summed E-state index contributed by atoms with van der Waals surface area (Å²) < 4.78 is 11.4. The molecule has 0 bridgehead atoms. The number of allylic oxidation sites excluding steroid dienone is 2. The summed E-state index contributed by atoms with van der Waals surface area (Å²) in [6.07, 6.45) is 6.93. The third kappa shape index (κ3) is 6.94. The Balaban J connectivity index is 2.67. The van der Waals surface area contributed by atoms with Crippen LogP contribution in [0.25, 0.3) is 0 Å². The lowest BCUT2D eigenvalue weighted by molar-refractivity contribution is -0.114. The minimum absolute atomic E-state index is 0.176. The molecule has 1 aromatic rings. The minimum Gasteiger partial charge on any atom is -0.542 e. The molecule has 0 heterocycles. The zero-order chi connectivity index (χ0) is 16.6. The van der Waals surface area contributed by atoms with E-state index < -0.39 is 8.32 Å². The van der Waals surface area contributed by atoms with Crippen molar-refractivity contribution < 1.29 is 14.0 Å². The summed E-state index contributed by atoms with van der Waals surface area (Å²) in [6, 6.07) is 5.93. The number of methoxy groups -OCH3 is 1. The molecule has 0 spiro atoms. The van der Waals surface area contributed by atoms with Gasteiger partial charge >= 0.3 is 0 Å². The number of ether oxygens (including phenoxy) is 1. The smallest absolute Gasteiger partial charge is 0.242 e. The van der Waals surface area contributed by atoms with Gasteiger partial charge in [-0.3, -0.25) is 4.79 Å². The number of hydrogen-bond acceptors (Lipinski definition) is 3. The Kier molecular flexibility index (Phi) is 7.39. The van der Waals surface area contributed by atoms with Gasteiger partial charge in [0.2, 0.25) is 8.32 Å². The highest BCUT2D eigenvalue weighted by Crippen LogP contribution is 2.30. The van der Waals surface area contributed by atoms with Gasteiger partial charge in [0.25, 0.3) is 0 Å². The second-order valence-electron chi connectivity index (χ2n) is 6.36. The summed E-state index contributed by atoms with van der Waals surface area (Å²) in [6.45, 7) is 8.52. The first-order valence-corrected chi connectivity index (χ1v) is 11.3. The summed E-state index contributed by atoms with van der Waals surface area (Å²) in [5.41, 5.74) is 1.09. The molecule has 1 rings (SSSR count). The number of hydrogen-bond donors (Lipinski definition) is 0. The lowest BCUT2D eigenvalue weighted by Crippen LogP contribution is -2.29. The van der Waals surface area contributed by atoms with Crippen LogP contribution < -0.4 is 9.16 Å². The van der Waals surface area contributed by atoms with Crippen LogP contribution in [0.1, 0.15) is 31.7 Å². The summed E-state index contributed by atoms with van der Waals surface area (Å²) in [5, 5.41) is 0. The standard InChI is InChI=1S/C18H28O3Si/c1-6-7-8-9-16(19)12-10-15-11-13-17(18(14-15)20-2)21-22(3,4)5/h8-9,11,13-14H,6-7,10,12H2,1-5H3. The molecule has 0 saturated carbocycles. The van der Waals surface area contributed by atoms with Crippen LogP contribution >= 0.6 is 0 Å². The first-order chi connectivity index (χ1) is 10.4. The van der Waals surface area contributed by atoms with Crippen LogP contribution in [0.5, 0.6) is 11.5 Å². The van der Waals surface area contributed by atoms with Gasteiger partial charge in [0, 0.05) is 6.42 Å². The second-order valence-corrected chi connectivity index (χ2v) is 10.8. The van der Waals surface area contributed by atoms with Crippen LogP contribution in [0, 0.1) is 0 Å². The first kappa shape index (κ1) is 18.5. The molecule has 0 radical (unpaired) electrons. The molecule has 0 N–H and O–H groups in total. The molecule has 0 saturated heterocycles. The number of carbonyl (C=O) groups excluding carboxylic acids is 1. The maximum Gasteiger partial charge on any atom is 0.242 e. The fourth-order valence-corrected chi connectivity index (χ4v) is 2.84. The monoisotopic (exact) mass is 320 g/mol. The Morgan fingerprint density at radius 2 is 1.95 bits per heavy atom. The van der Waals surface area contributed by atoms with Crippen LogP contribution in [0.3, 0.4) is 0 Å². The Bertz CT molecular complexity index is 516. The molecule has 0 aliphatic carbocycles. The number of rotatable bonds is 9. The molecule has 0 aliphatic heterocycles. The molecule has 3 nitrogen and oxygen atoms in total. The summed E-state index contributed by atoms with van der Waals surface area (Å²) in [4.78, 5) is 11.8. The van der Waals surface area contributed by atoms with Gasteiger partial charge in [-0.25, -0.2) is 0 Å². The van der Waals surface area contributed by atoms with E-state index in [0.717, 1.165) is 36.3 Å². The van der Waals surface area contributed by atoms with E-state index in [1.54, 1.807) is 13.2 Å². The fourth-order valence-electron chi connectivity index (χ4n) is 2.01. The van der Waals surface area contributed by atoms with E-state index in [4.69, 9.17) is 9.16 Å². The van der Waals surface area contributed by atoms with Crippen molar-refractivity contribution in [3.8, 4) is 11.5 Å². The zero-order valence-electron chi connectivity index (χ0n) is 14.4. The summed E-state index contributed by atoms with van der Waals surface area (Å²) in [5.74, 6) is 1.71. The number of benzene rings is 1. The van der Waals surface area contributed by atoms with Crippen molar-refractivity contribution in [3.63, 3.8) is 0 Å². The van der Waals surface area contributed by atoms with E-state index in [0.29, 0.717) is 6.42 Å². The number of aryl methyl sites for hydroxylation is 1. The lowest BCUT2D eigenvalue weighted by atomic mass is 10.1. The average Bonchev–Trinajstić information content (AvgIpc) is 2.45. The van der Waals surface area contributed by atoms with Gasteiger partial charge in [0.05, 0.1) is 7.11 Å². The largest absolute Gasteiger partial charge is 0.542 e. The highest BCUT2D eigenvalue weighted by molar-refractivity contribution is 6.70. The van der Waals surface area contributed by atoms with Crippen molar-refractivity contribution in [2.24, 2.45) is 0 Å². The molecule has 122 valence electrons. The van der Waals surface area contributed by atoms with E-state index in [2.05, 4.69) is 26.6 Å². The highest BCUT2D eigenvalue weighted by atomic mass is 28.4. The second kappa shape index (κ2) is 8.78. The van der Waals surface area contributed by atoms with Crippen LogP contribution in [-0.2, 0) is 11.2 Å². The van der Waals surface area contributed by atoms with Crippen molar-refractivity contribution in [2.45, 2.75) is 52.2 Å². The normalized spacial score (nSPS) is 11.7. The topological polar surface area (TPSA) is 35.5 Å². The summed E-state index contributed by atoms with van der Waals surface area (Å²) >= 11 is 0. The molecule has 1 aromatic carbocycles. The summed E-state index contributed by atoms with van der Waals surface area (Å²) in [7, 11) is -0.0137. The van der Waals surface area contributed by atoms with Gasteiger partial charge in [0.15, 0.2) is 11.5 Å². The lowest BCUT2D eigenvalue weighted by Gasteiger charge is -2.21. The molecular weight excluding hydrogens is 292 g/mol. The molecule has 0 atom stereocenters. The third-order valence-corrected chi connectivity index (χ3v) is 3.90. The van der Waals surface area contributed by atoms with Crippen LogP contribution in [-0.4, -0.2) is 21.2 Å². The van der Waals surface area contributed by atoms with Gasteiger partial charge in [0.1, 0.15) is 5.75 Å². The molecule has 0 aliphatic rings. The van der Waals surface area contributed by atoms with Gasteiger partial charge < -0.3 is 9.16 Å². The highest BCUT2D eigenvalue weighted by Gasteiger charge is 2.18. The van der Waals surface area contributed by atoms with Crippen LogP contribution in [0.4, 0.5) is 0 Å². The minimum atomic E-state index is -1.66. The molecule has 0 fully saturated rings. The van der Waals surface area contributed by atoms with E-state index in [1.165, 1.54) is 0 Å². The van der Waals surface area contributed by atoms with Crippen molar-refractivity contribution in [1.29, 1.82) is 0 Å². The van der Waals surface area contributed by atoms with Crippen molar-refractivity contribution in [3.05, 3.63) is 35.9 Å². The van der Waals surface area contributed by atoms with Crippen LogP contribution in [0.15, 0.2) is 30.4 Å². The molecule has 0 unspecified atom stereocenters. The maximum absolute atomic E-state index is 11.8. The average molecular weight is 321 g/mol. The molecule has 4 heteroatoms. The van der Waals surface area contributed by atoms with Crippen molar-refractivity contribution >= 4 is 14.1 Å². The van der Waals surface area contributed by atoms with Gasteiger partial charge in [-0.15, -0.1) is 0 Å². The number of ketones is 1. The molecule has 0 amide bonds. The van der Waals surface area contributed by atoms with Crippen LogP contribution in [0.2, 0.25) is 19.6 Å². The Hall–Kier alpha value is -1.55. The Morgan fingerprint density at radius 3 is 2.55 bits per heavy atom. The number of unbranched alkanes of at least 4 members (excludes halogenated alkanes) is 1. The van der Waals surface area contributed by atoms with E-state index in [1.807, 2.05) is 24.3 Å². The van der Waals surface area contributed by atoms with Crippen molar-refractivity contribution in [2.75, 3.05) is 7.11 Å². The van der Waals surface area contributed by atoms with Gasteiger partial charge in [-0.1, -0.05) is 25.5 Å². The van der Waals surface area contributed by atoms with Gasteiger partial charge in [-0.05, 0) is 56.3 Å². The van der Waals surface area contributed by atoms with Crippen molar-refractivity contribution in [1.82, 2.24) is 0 Å². The predicted octanol–water partition coefficient (Wildman–Crippen LogP) is 4.77. The predicted molar refractivity (Wildman–Crippen MR) is 94.3 cm³/mol. The molecular formula is C18H28O3Si. The SMILES string of the molecule is CCCC=CC(=O)CCc1ccc(O[Si](C)(C)C)c(OC)c1. The molecule has 22 heavy (non-hydrogen) atoms. The first-order valence-electron chi connectivity index (χ1n) is 7.91. The number of carbonyl (C=O) groups is 1. The fraction of sp³-hybridized carbons (Fsp3) is 0.500. The van der Waals surface area contributed by atoms with Gasteiger partial charge in [-0.2, -0.15) is 0 Å². The van der Waals surface area contributed by atoms with E-state index in [-0.39, 0.29) is 5.78 Å². The van der Waals surface area contributed by atoms with E-state index >= 15 is 0 Å². The zero-order valence-corrected chi connectivity index (χ0v) is 15.4. The molecule has 0 aromatic heterocycles. The third-order valence-electron chi connectivity index (χ3n) is 3.06. The maximum atomic E-state index is 11.8. The Labute approximate surface area is 135 Å².